The summed E-state index contributed by atoms with van der Waals surface area (Å²) in [5.41, 5.74) is 1.69. The largest absolute Gasteiger partial charge is 0.360 e. The Morgan fingerprint density at radius 2 is 1.95 bits per heavy atom. The number of aromatic amines is 1. The molecule has 0 atom stereocenters. The molecule has 21 heavy (non-hydrogen) atoms. The van der Waals surface area contributed by atoms with Crippen LogP contribution in [-0.4, -0.2) is 10.8 Å². The zero-order chi connectivity index (χ0) is 14.4. The molecule has 0 spiro atoms. The van der Waals surface area contributed by atoms with Crippen LogP contribution in [0.25, 0.3) is 21.0 Å². The van der Waals surface area contributed by atoms with Crippen LogP contribution >= 0.6 is 27.3 Å². The Morgan fingerprint density at radius 1 is 1.10 bits per heavy atom. The van der Waals surface area contributed by atoms with Crippen molar-refractivity contribution in [2.75, 3.05) is 0 Å². The fraction of sp³-hybridized carbons (Fsp3) is 0. The molecule has 4 heteroatoms. The number of benzene rings is 2. The van der Waals surface area contributed by atoms with Gasteiger partial charge in [-0.3, -0.25) is 4.79 Å². The predicted molar refractivity (Wildman–Crippen MR) is 91.3 cm³/mol. The number of carbonyl (C=O) groups excluding carboxylic acids is 1. The highest BCUT2D eigenvalue weighted by atomic mass is 79.9. The first-order valence-corrected chi connectivity index (χ1v) is 8.13. The summed E-state index contributed by atoms with van der Waals surface area (Å²) in [6.07, 6.45) is 1.80. The fourth-order valence-corrected chi connectivity index (χ4v) is 3.89. The number of H-pyrrole nitrogens is 1. The first-order valence-electron chi connectivity index (χ1n) is 6.52. The zero-order valence-electron chi connectivity index (χ0n) is 10.9. The number of nitrogens with one attached hydrogen (secondary N) is 1. The highest BCUT2D eigenvalue weighted by Gasteiger charge is 2.16. The molecule has 4 rings (SSSR count). The summed E-state index contributed by atoms with van der Waals surface area (Å²) >= 11 is 4.99. The van der Waals surface area contributed by atoms with E-state index in [0.29, 0.717) is 0 Å². The van der Waals surface area contributed by atoms with Crippen molar-refractivity contribution in [3.63, 3.8) is 0 Å². The lowest BCUT2D eigenvalue weighted by Gasteiger charge is -1.96. The summed E-state index contributed by atoms with van der Waals surface area (Å²) in [5.74, 6) is 0.0739. The van der Waals surface area contributed by atoms with Gasteiger partial charge in [0, 0.05) is 31.8 Å². The minimum atomic E-state index is 0.0739. The van der Waals surface area contributed by atoms with E-state index in [1.807, 2.05) is 48.5 Å². The lowest BCUT2D eigenvalue weighted by molar-refractivity contribution is 0.104. The molecule has 2 aromatic heterocycles. The van der Waals surface area contributed by atoms with Crippen LogP contribution in [0, 0.1) is 0 Å². The maximum atomic E-state index is 12.8. The average molecular weight is 356 g/mol. The molecular formula is C17H10BrNOS. The van der Waals surface area contributed by atoms with Crippen molar-refractivity contribution in [2.24, 2.45) is 0 Å². The van der Waals surface area contributed by atoms with E-state index in [1.54, 1.807) is 17.5 Å². The van der Waals surface area contributed by atoms with Crippen LogP contribution in [0.5, 0.6) is 0 Å². The quantitative estimate of drug-likeness (QED) is 0.481. The summed E-state index contributed by atoms with van der Waals surface area (Å²) in [5, 5.41) is 2.08. The van der Waals surface area contributed by atoms with Gasteiger partial charge >= 0.3 is 0 Å². The van der Waals surface area contributed by atoms with E-state index in [1.165, 1.54) is 0 Å². The van der Waals surface area contributed by atoms with Crippen molar-refractivity contribution >= 4 is 54.0 Å². The molecule has 2 nitrogen and oxygen atoms in total. The van der Waals surface area contributed by atoms with Crippen LogP contribution in [0.15, 0.2) is 59.2 Å². The minimum Gasteiger partial charge on any atom is -0.360 e. The number of thiophene rings is 1. The van der Waals surface area contributed by atoms with Gasteiger partial charge in [0.05, 0.1) is 4.88 Å². The average Bonchev–Trinajstić information content (AvgIpc) is 3.09. The van der Waals surface area contributed by atoms with Crippen LogP contribution in [0.4, 0.5) is 0 Å². The molecule has 2 heterocycles. The number of carbonyl (C=O) groups is 1. The number of ketones is 1. The van der Waals surface area contributed by atoms with Crippen LogP contribution in [0.1, 0.15) is 15.2 Å². The summed E-state index contributed by atoms with van der Waals surface area (Å²) in [6, 6.07) is 16.0. The van der Waals surface area contributed by atoms with Crippen LogP contribution in [0.3, 0.4) is 0 Å². The number of fused-ring (bicyclic) bond motifs is 2. The molecule has 0 radical (unpaired) electrons. The molecule has 0 aliphatic heterocycles. The lowest BCUT2D eigenvalue weighted by atomic mass is 10.1. The maximum Gasteiger partial charge on any atom is 0.205 e. The topological polar surface area (TPSA) is 32.9 Å². The third-order valence-corrected chi connectivity index (χ3v) is 5.15. The molecule has 4 aromatic rings. The molecular weight excluding hydrogens is 346 g/mol. The molecule has 0 saturated carbocycles. The van der Waals surface area contributed by atoms with Crippen molar-refractivity contribution in [3.05, 3.63) is 69.6 Å². The molecule has 0 bridgehead atoms. The van der Waals surface area contributed by atoms with Crippen LogP contribution < -0.4 is 0 Å². The van der Waals surface area contributed by atoms with E-state index >= 15 is 0 Å². The van der Waals surface area contributed by atoms with E-state index in [0.717, 1.165) is 35.9 Å². The molecule has 102 valence electrons. The first-order chi connectivity index (χ1) is 10.2. The van der Waals surface area contributed by atoms with Crippen LogP contribution in [0.2, 0.25) is 0 Å². The Hall–Kier alpha value is -1.91. The number of rotatable bonds is 2. The highest BCUT2D eigenvalue weighted by Crippen LogP contribution is 2.30. The Morgan fingerprint density at radius 3 is 2.81 bits per heavy atom. The molecule has 1 N–H and O–H groups in total. The monoisotopic (exact) mass is 355 g/mol. The summed E-state index contributed by atoms with van der Waals surface area (Å²) < 4.78 is 2.14. The summed E-state index contributed by atoms with van der Waals surface area (Å²) in [6.45, 7) is 0. The van der Waals surface area contributed by atoms with Crippen molar-refractivity contribution in [3.8, 4) is 0 Å². The Kier molecular flexibility index (Phi) is 2.94. The Bertz CT molecular complexity index is 950. The summed E-state index contributed by atoms with van der Waals surface area (Å²) in [7, 11) is 0. The number of hydrogen-bond acceptors (Lipinski definition) is 2. The Labute approximate surface area is 133 Å². The van der Waals surface area contributed by atoms with Gasteiger partial charge in [-0.25, -0.2) is 0 Å². The van der Waals surface area contributed by atoms with E-state index in [-0.39, 0.29) is 5.78 Å². The van der Waals surface area contributed by atoms with Gasteiger partial charge in [0.1, 0.15) is 0 Å². The van der Waals surface area contributed by atoms with Gasteiger partial charge in [0.25, 0.3) is 0 Å². The number of aromatic nitrogens is 1. The molecule has 0 unspecified atom stereocenters. The minimum absolute atomic E-state index is 0.0739. The second-order valence-corrected chi connectivity index (χ2v) is 6.87. The van der Waals surface area contributed by atoms with Gasteiger partial charge in [-0.2, -0.15) is 0 Å². The molecule has 0 aliphatic carbocycles. The van der Waals surface area contributed by atoms with E-state index in [2.05, 4.69) is 20.9 Å². The van der Waals surface area contributed by atoms with Gasteiger partial charge in [0.15, 0.2) is 0 Å². The Balaban J connectivity index is 1.85. The van der Waals surface area contributed by atoms with Gasteiger partial charge in [-0.15, -0.1) is 11.3 Å². The van der Waals surface area contributed by atoms with Crippen molar-refractivity contribution < 1.29 is 4.79 Å². The van der Waals surface area contributed by atoms with Gasteiger partial charge in [0.2, 0.25) is 5.78 Å². The predicted octanol–water partition coefficient (Wildman–Crippen LogP) is 5.38. The van der Waals surface area contributed by atoms with E-state index in [9.17, 15) is 4.79 Å². The molecule has 0 fully saturated rings. The van der Waals surface area contributed by atoms with E-state index < -0.39 is 0 Å². The second-order valence-electron chi connectivity index (χ2n) is 4.87. The van der Waals surface area contributed by atoms with E-state index in [4.69, 9.17) is 0 Å². The smallest absolute Gasteiger partial charge is 0.205 e. The normalized spacial score (nSPS) is 11.3. The van der Waals surface area contributed by atoms with Gasteiger partial charge in [-0.1, -0.05) is 40.2 Å². The number of hydrogen-bond donors (Lipinski definition) is 1. The van der Waals surface area contributed by atoms with Gasteiger partial charge < -0.3 is 4.98 Å². The van der Waals surface area contributed by atoms with Crippen molar-refractivity contribution in [1.29, 1.82) is 0 Å². The second kappa shape index (κ2) is 4.83. The molecule has 0 aliphatic rings. The fourth-order valence-electron chi connectivity index (χ4n) is 2.51. The lowest BCUT2D eigenvalue weighted by Crippen LogP contribution is -1.96. The third-order valence-electron chi connectivity index (χ3n) is 3.54. The molecule has 0 saturated heterocycles. The first kappa shape index (κ1) is 12.8. The van der Waals surface area contributed by atoms with Crippen molar-refractivity contribution in [1.82, 2.24) is 4.98 Å². The SMILES string of the molecule is O=C(c1cc2ccccc2s1)c1c[nH]c2cc(Br)ccc12. The molecule has 2 aromatic carbocycles. The van der Waals surface area contributed by atoms with Crippen molar-refractivity contribution in [2.45, 2.75) is 0 Å². The summed E-state index contributed by atoms with van der Waals surface area (Å²) in [4.78, 5) is 16.7. The highest BCUT2D eigenvalue weighted by molar-refractivity contribution is 9.10. The molecule has 0 amide bonds. The standard InChI is InChI=1S/C17H10BrNOS/c18-11-5-6-12-13(9-19-14(12)8-11)17(20)16-7-10-3-1-2-4-15(10)21-16/h1-9,19H. The zero-order valence-corrected chi connectivity index (χ0v) is 13.3. The van der Waals surface area contributed by atoms with Gasteiger partial charge in [-0.05, 0) is 29.7 Å². The van der Waals surface area contributed by atoms with Crippen LogP contribution in [-0.2, 0) is 0 Å². The number of halogens is 1. The maximum absolute atomic E-state index is 12.8. The third kappa shape index (κ3) is 2.11.